The van der Waals surface area contributed by atoms with Gasteiger partial charge in [-0.15, -0.1) is 11.3 Å². The van der Waals surface area contributed by atoms with Gasteiger partial charge in [-0.2, -0.15) is 0 Å². The lowest BCUT2D eigenvalue weighted by molar-refractivity contribution is -0.122. The Hall–Kier alpha value is -2.39. The zero-order chi connectivity index (χ0) is 17.1. The lowest BCUT2D eigenvalue weighted by Crippen LogP contribution is -2.37. The van der Waals surface area contributed by atoms with Crippen molar-refractivity contribution in [3.63, 3.8) is 0 Å². The summed E-state index contributed by atoms with van der Waals surface area (Å²) in [5.41, 5.74) is 0.602. The number of amides is 3. The quantitative estimate of drug-likeness (QED) is 0.821. The fourth-order valence-electron chi connectivity index (χ4n) is 2.03. The molecule has 9 heteroatoms. The molecular weight excluding hydrogens is 350 g/mol. The number of thioether (sulfide) groups is 1. The average Bonchev–Trinajstić information content (AvgIpc) is 3.26. The molecule has 3 amide bonds. The predicted molar refractivity (Wildman–Crippen MR) is 90.6 cm³/mol. The van der Waals surface area contributed by atoms with Gasteiger partial charge in [-0.1, -0.05) is 11.2 Å². The lowest BCUT2D eigenvalue weighted by Gasteiger charge is -2.12. The molecule has 0 unspecified atom stereocenters. The second kappa shape index (κ2) is 7.02. The summed E-state index contributed by atoms with van der Waals surface area (Å²) in [6.07, 6.45) is 1.70. The molecule has 2 aromatic heterocycles. The third kappa shape index (κ3) is 3.57. The van der Waals surface area contributed by atoms with Crippen LogP contribution in [-0.4, -0.2) is 40.2 Å². The molecule has 124 valence electrons. The van der Waals surface area contributed by atoms with Gasteiger partial charge in [0, 0.05) is 24.0 Å². The van der Waals surface area contributed by atoms with Crippen LogP contribution in [0.4, 0.5) is 4.79 Å². The molecular formula is C15H13N3O4S2. The normalized spacial score (nSPS) is 16.2. The van der Waals surface area contributed by atoms with E-state index in [9.17, 15) is 14.4 Å². The van der Waals surface area contributed by atoms with Crippen LogP contribution in [-0.2, 0) is 4.79 Å². The zero-order valence-corrected chi connectivity index (χ0v) is 14.3. The minimum Gasteiger partial charge on any atom is -0.351 e. The topological polar surface area (TPSA) is 92.5 Å². The lowest BCUT2D eigenvalue weighted by atomic mass is 10.3. The molecule has 1 fully saturated rings. The minimum absolute atomic E-state index is 0.0965. The average molecular weight is 363 g/mol. The number of rotatable bonds is 5. The van der Waals surface area contributed by atoms with Crippen molar-refractivity contribution in [2.75, 3.05) is 13.1 Å². The third-order valence-corrected chi connectivity index (χ3v) is 4.89. The number of nitrogens with zero attached hydrogens (tertiary/aromatic N) is 2. The molecule has 1 aliphatic heterocycles. The van der Waals surface area contributed by atoms with Gasteiger partial charge < -0.3 is 9.84 Å². The van der Waals surface area contributed by atoms with Crippen LogP contribution >= 0.6 is 23.1 Å². The summed E-state index contributed by atoms with van der Waals surface area (Å²) in [5.74, 6) is -0.681. The molecule has 0 saturated carbocycles. The van der Waals surface area contributed by atoms with Gasteiger partial charge in [-0.3, -0.25) is 19.3 Å². The first-order valence-corrected chi connectivity index (χ1v) is 8.74. The maximum atomic E-state index is 12.3. The van der Waals surface area contributed by atoms with E-state index in [4.69, 9.17) is 4.52 Å². The number of hydrogen-bond acceptors (Lipinski definition) is 7. The van der Waals surface area contributed by atoms with Crippen molar-refractivity contribution >= 4 is 46.2 Å². The number of aromatic nitrogens is 1. The van der Waals surface area contributed by atoms with Gasteiger partial charge in [0.15, 0.2) is 0 Å². The van der Waals surface area contributed by atoms with Crippen LogP contribution in [0, 0.1) is 6.92 Å². The largest absolute Gasteiger partial charge is 0.351 e. The van der Waals surface area contributed by atoms with E-state index in [2.05, 4.69) is 10.5 Å². The van der Waals surface area contributed by atoms with Crippen molar-refractivity contribution in [2.45, 2.75) is 6.92 Å². The van der Waals surface area contributed by atoms with E-state index in [0.717, 1.165) is 21.5 Å². The fraction of sp³-hybridized carbons (Fsp3) is 0.200. The number of hydrogen-bond donors (Lipinski definition) is 1. The highest BCUT2D eigenvalue weighted by molar-refractivity contribution is 8.18. The maximum Gasteiger partial charge on any atom is 0.293 e. The molecule has 0 spiro atoms. The molecule has 2 aromatic rings. The number of aryl methyl sites for hydroxylation is 1. The molecule has 24 heavy (non-hydrogen) atoms. The predicted octanol–water partition coefficient (Wildman–Crippen LogP) is 2.51. The number of carbonyl (C=O) groups is 3. The summed E-state index contributed by atoms with van der Waals surface area (Å²) in [7, 11) is 0. The van der Waals surface area contributed by atoms with Crippen molar-refractivity contribution in [1.82, 2.24) is 15.4 Å². The van der Waals surface area contributed by atoms with E-state index in [1.165, 1.54) is 17.4 Å². The molecule has 3 heterocycles. The molecule has 3 rings (SSSR count). The highest BCUT2D eigenvalue weighted by Gasteiger charge is 2.34. The van der Waals surface area contributed by atoms with Gasteiger partial charge in [-0.25, -0.2) is 0 Å². The summed E-state index contributed by atoms with van der Waals surface area (Å²) in [5, 5.41) is 7.78. The van der Waals surface area contributed by atoms with Crippen LogP contribution in [0.25, 0.3) is 6.08 Å². The Kier molecular flexibility index (Phi) is 4.81. The Morgan fingerprint density at radius 3 is 2.96 bits per heavy atom. The molecule has 1 N–H and O–H groups in total. The summed E-state index contributed by atoms with van der Waals surface area (Å²) < 4.78 is 4.85. The summed E-state index contributed by atoms with van der Waals surface area (Å²) >= 11 is 2.39. The van der Waals surface area contributed by atoms with Crippen LogP contribution in [0.1, 0.15) is 21.1 Å². The molecule has 1 aliphatic rings. The summed E-state index contributed by atoms with van der Waals surface area (Å²) in [4.78, 5) is 38.5. The second-order valence-electron chi connectivity index (χ2n) is 4.94. The summed E-state index contributed by atoms with van der Waals surface area (Å²) in [6.45, 7) is 1.95. The van der Waals surface area contributed by atoms with Crippen LogP contribution in [0.5, 0.6) is 0 Å². The Balaban J connectivity index is 1.56. The van der Waals surface area contributed by atoms with Gasteiger partial charge in [0.2, 0.25) is 5.76 Å². The fourth-order valence-corrected chi connectivity index (χ4v) is 3.62. The standard InChI is InChI=1S/C15H13N3O4S2/c1-9-7-11(22-17-9)13(19)16-4-5-18-14(20)12(24-15(18)21)8-10-3-2-6-23-10/h2-3,6-8H,4-5H2,1H3,(H,16,19)/b12-8+. The van der Waals surface area contributed by atoms with Gasteiger partial charge in [0.1, 0.15) is 0 Å². The van der Waals surface area contributed by atoms with E-state index in [0.29, 0.717) is 10.6 Å². The molecule has 0 bridgehead atoms. The third-order valence-electron chi connectivity index (χ3n) is 3.16. The van der Waals surface area contributed by atoms with Crippen LogP contribution in [0.3, 0.4) is 0 Å². The SMILES string of the molecule is Cc1cc(C(=O)NCCN2C(=O)S/C(=C/c3cccs3)C2=O)on1. The maximum absolute atomic E-state index is 12.3. The summed E-state index contributed by atoms with van der Waals surface area (Å²) in [6, 6.07) is 5.26. The molecule has 0 aromatic carbocycles. The number of carbonyl (C=O) groups excluding carboxylic acids is 3. The van der Waals surface area contributed by atoms with Gasteiger partial charge in [0.25, 0.3) is 17.1 Å². The van der Waals surface area contributed by atoms with Crippen molar-refractivity contribution in [3.05, 3.63) is 44.8 Å². The first-order chi connectivity index (χ1) is 11.5. The molecule has 7 nitrogen and oxygen atoms in total. The number of imide groups is 1. The Morgan fingerprint density at radius 1 is 1.46 bits per heavy atom. The van der Waals surface area contributed by atoms with Crippen molar-refractivity contribution in [2.24, 2.45) is 0 Å². The van der Waals surface area contributed by atoms with E-state index in [-0.39, 0.29) is 30.0 Å². The Bertz CT molecular complexity index is 811. The van der Waals surface area contributed by atoms with Crippen molar-refractivity contribution in [1.29, 1.82) is 0 Å². The smallest absolute Gasteiger partial charge is 0.293 e. The molecule has 1 saturated heterocycles. The number of thiophene rings is 1. The number of nitrogens with one attached hydrogen (secondary N) is 1. The zero-order valence-electron chi connectivity index (χ0n) is 12.6. The first-order valence-electron chi connectivity index (χ1n) is 7.05. The van der Waals surface area contributed by atoms with Crippen molar-refractivity contribution in [3.8, 4) is 0 Å². The van der Waals surface area contributed by atoms with Crippen LogP contribution in [0.2, 0.25) is 0 Å². The van der Waals surface area contributed by atoms with Crippen LogP contribution < -0.4 is 5.32 Å². The van der Waals surface area contributed by atoms with Crippen molar-refractivity contribution < 1.29 is 18.9 Å². The van der Waals surface area contributed by atoms with Crippen LogP contribution in [0.15, 0.2) is 33.0 Å². The van der Waals surface area contributed by atoms with E-state index in [1.54, 1.807) is 13.0 Å². The first kappa shape index (κ1) is 16.5. The van der Waals surface area contributed by atoms with E-state index < -0.39 is 5.91 Å². The molecule has 0 atom stereocenters. The van der Waals surface area contributed by atoms with Gasteiger partial charge in [0.05, 0.1) is 10.6 Å². The highest BCUT2D eigenvalue weighted by Crippen LogP contribution is 2.32. The molecule has 0 radical (unpaired) electrons. The van der Waals surface area contributed by atoms with E-state index >= 15 is 0 Å². The molecule has 0 aliphatic carbocycles. The second-order valence-corrected chi connectivity index (χ2v) is 6.91. The monoisotopic (exact) mass is 363 g/mol. The Labute approximate surface area is 145 Å². The Morgan fingerprint density at radius 2 is 2.29 bits per heavy atom. The highest BCUT2D eigenvalue weighted by atomic mass is 32.2. The van der Waals surface area contributed by atoms with Gasteiger partial charge in [-0.05, 0) is 36.2 Å². The van der Waals surface area contributed by atoms with E-state index in [1.807, 2.05) is 17.5 Å². The minimum atomic E-state index is -0.434. The van der Waals surface area contributed by atoms with Gasteiger partial charge >= 0.3 is 0 Å².